The lowest BCUT2D eigenvalue weighted by atomic mass is 10.00. The van der Waals surface area contributed by atoms with Crippen molar-refractivity contribution in [3.8, 4) is 16.9 Å². The summed E-state index contributed by atoms with van der Waals surface area (Å²) < 4.78 is 31.7. The van der Waals surface area contributed by atoms with Gasteiger partial charge in [0, 0.05) is 31.5 Å². The number of para-hydroxylation sites is 2. The van der Waals surface area contributed by atoms with E-state index in [4.69, 9.17) is 4.74 Å². The molecule has 0 aliphatic rings. The van der Waals surface area contributed by atoms with Crippen molar-refractivity contribution < 1.29 is 23.1 Å². The fourth-order valence-corrected chi connectivity index (χ4v) is 4.65. The smallest absolute Gasteiger partial charge is 0.352 e. The van der Waals surface area contributed by atoms with Crippen molar-refractivity contribution in [1.29, 1.82) is 0 Å². The highest BCUT2D eigenvalue weighted by molar-refractivity contribution is 7.89. The van der Waals surface area contributed by atoms with Gasteiger partial charge < -0.3 is 14.8 Å². The van der Waals surface area contributed by atoms with Crippen LogP contribution < -0.4 is 4.74 Å². The summed E-state index contributed by atoms with van der Waals surface area (Å²) in [6, 6.07) is 21.4. The molecule has 0 unspecified atom stereocenters. The number of carboxylic acids is 1. The topological polar surface area (TPSA) is 99.7 Å². The molecule has 4 rings (SSSR count). The van der Waals surface area contributed by atoms with Crippen molar-refractivity contribution in [2.75, 3.05) is 20.7 Å². The molecule has 3 aromatic carbocycles. The highest BCUT2D eigenvalue weighted by atomic mass is 32.2. The number of aromatic carboxylic acids is 1. The van der Waals surface area contributed by atoms with E-state index in [9.17, 15) is 18.3 Å². The Kier molecular flexibility index (Phi) is 6.22. The molecule has 8 heteroatoms. The zero-order valence-corrected chi connectivity index (χ0v) is 19.1. The van der Waals surface area contributed by atoms with Crippen LogP contribution in [-0.2, 0) is 16.4 Å². The molecule has 0 saturated carbocycles. The number of benzene rings is 3. The van der Waals surface area contributed by atoms with Crippen molar-refractivity contribution in [1.82, 2.24) is 9.29 Å². The Hall–Kier alpha value is -3.62. The number of nitrogens with zero attached hydrogens (tertiary/aromatic N) is 1. The Bertz CT molecular complexity index is 1390. The molecule has 0 aliphatic heterocycles. The molecule has 7 nitrogen and oxygen atoms in total. The molecule has 0 bridgehead atoms. The van der Waals surface area contributed by atoms with Crippen LogP contribution in [0.25, 0.3) is 22.0 Å². The van der Waals surface area contributed by atoms with Gasteiger partial charge in [0.05, 0.1) is 17.0 Å². The second-order valence-corrected chi connectivity index (χ2v) is 9.90. The Labute approximate surface area is 192 Å². The second-order valence-electron chi connectivity index (χ2n) is 7.74. The number of carboxylic acid groups (broad SMARTS) is 1. The highest BCUT2D eigenvalue weighted by Crippen LogP contribution is 2.35. The molecule has 0 fully saturated rings. The summed E-state index contributed by atoms with van der Waals surface area (Å²) in [6.07, 6.45) is 0.589. The molecule has 170 valence electrons. The number of H-pyrrole nitrogens is 1. The van der Waals surface area contributed by atoms with Crippen molar-refractivity contribution in [3.63, 3.8) is 0 Å². The molecule has 1 heterocycles. The lowest BCUT2D eigenvalue weighted by molar-refractivity contribution is 0.0692. The van der Waals surface area contributed by atoms with Gasteiger partial charge in [-0.25, -0.2) is 17.5 Å². The van der Waals surface area contributed by atoms with Crippen LogP contribution in [0.1, 0.15) is 16.1 Å². The van der Waals surface area contributed by atoms with E-state index >= 15 is 0 Å². The first-order chi connectivity index (χ1) is 15.8. The first kappa shape index (κ1) is 22.6. The number of sulfonamides is 1. The third-order valence-corrected chi connectivity index (χ3v) is 7.27. The minimum atomic E-state index is -3.58. The summed E-state index contributed by atoms with van der Waals surface area (Å²) in [5, 5.41) is 10.6. The third kappa shape index (κ3) is 4.48. The lowest BCUT2D eigenvalue weighted by Crippen LogP contribution is -2.22. The monoisotopic (exact) mass is 464 g/mol. The number of hydrogen-bond acceptors (Lipinski definition) is 4. The van der Waals surface area contributed by atoms with Gasteiger partial charge in [-0.2, -0.15) is 0 Å². The molecule has 0 atom stereocenters. The number of nitrogens with one attached hydrogen (secondary N) is 1. The van der Waals surface area contributed by atoms with Gasteiger partial charge in [0.2, 0.25) is 10.0 Å². The predicted octanol–water partition coefficient (Wildman–Crippen LogP) is 4.40. The Morgan fingerprint density at radius 2 is 1.67 bits per heavy atom. The summed E-state index contributed by atoms with van der Waals surface area (Å²) in [5.41, 5.74) is 2.87. The maximum Gasteiger partial charge on any atom is 0.352 e. The van der Waals surface area contributed by atoms with Crippen molar-refractivity contribution in [2.24, 2.45) is 0 Å². The molecule has 0 aliphatic carbocycles. The first-order valence-electron chi connectivity index (χ1n) is 10.4. The zero-order valence-electron chi connectivity index (χ0n) is 18.3. The maximum absolute atomic E-state index is 12.4. The average molecular weight is 465 g/mol. The van der Waals surface area contributed by atoms with Gasteiger partial charge in [-0.1, -0.05) is 48.5 Å². The number of rotatable bonds is 8. The van der Waals surface area contributed by atoms with E-state index in [0.717, 1.165) is 26.5 Å². The van der Waals surface area contributed by atoms with Crippen LogP contribution in [0.4, 0.5) is 0 Å². The van der Waals surface area contributed by atoms with Crippen LogP contribution in [0.3, 0.4) is 0 Å². The molecule has 0 spiro atoms. The van der Waals surface area contributed by atoms with Crippen LogP contribution in [0.2, 0.25) is 0 Å². The Balaban J connectivity index is 1.71. The maximum atomic E-state index is 12.4. The molecule has 0 saturated heterocycles. The lowest BCUT2D eigenvalue weighted by Gasteiger charge is -2.12. The van der Waals surface area contributed by atoms with E-state index in [0.29, 0.717) is 24.2 Å². The number of fused-ring (bicyclic) bond motifs is 1. The van der Waals surface area contributed by atoms with Gasteiger partial charge in [-0.15, -0.1) is 0 Å². The zero-order chi connectivity index (χ0) is 23.6. The van der Waals surface area contributed by atoms with Crippen LogP contribution in [0.5, 0.6) is 5.75 Å². The normalized spacial score (nSPS) is 11.7. The van der Waals surface area contributed by atoms with E-state index in [1.165, 1.54) is 26.2 Å². The number of aromatic amines is 1. The fourth-order valence-electron chi connectivity index (χ4n) is 3.75. The molecule has 4 aromatic rings. The quantitative estimate of drug-likeness (QED) is 0.403. The van der Waals surface area contributed by atoms with Gasteiger partial charge in [0.1, 0.15) is 11.4 Å². The van der Waals surface area contributed by atoms with Crippen LogP contribution in [0, 0.1) is 0 Å². The minimum absolute atomic E-state index is 0.0599. The van der Waals surface area contributed by atoms with E-state index in [-0.39, 0.29) is 10.6 Å². The van der Waals surface area contributed by atoms with Gasteiger partial charge in [0.15, 0.2) is 0 Å². The van der Waals surface area contributed by atoms with E-state index < -0.39 is 16.0 Å². The summed E-state index contributed by atoms with van der Waals surface area (Å²) in [4.78, 5) is 15.2. The van der Waals surface area contributed by atoms with E-state index in [2.05, 4.69) is 4.98 Å². The van der Waals surface area contributed by atoms with Gasteiger partial charge >= 0.3 is 5.97 Å². The average Bonchev–Trinajstić information content (AvgIpc) is 3.21. The Morgan fingerprint density at radius 3 is 2.30 bits per heavy atom. The van der Waals surface area contributed by atoms with E-state index in [1.807, 2.05) is 48.5 Å². The van der Waals surface area contributed by atoms with Crippen LogP contribution in [0.15, 0.2) is 77.7 Å². The molecule has 0 radical (unpaired) electrons. The molecule has 1 aromatic heterocycles. The largest absolute Gasteiger partial charge is 0.493 e. The van der Waals surface area contributed by atoms with Crippen molar-refractivity contribution in [3.05, 3.63) is 84.1 Å². The van der Waals surface area contributed by atoms with Crippen LogP contribution in [-0.4, -0.2) is 49.5 Å². The minimum Gasteiger partial charge on any atom is -0.493 e. The van der Waals surface area contributed by atoms with Crippen molar-refractivity contribution >= 4 is 26.9 Å². The van der Waals surface area contributed by atoms with E-state index in [1.54, 1.807) is 12.1 Å². The summed E-state index contributed by atoms with van der Waals surface area (Å²) in [5.74, 6) is -0.312. The molecule has 0 amide bonds. The standard InChI is InChI=1S/C25H24N2O5S/c1-27(2)33(30,31)20-13-11-17(12-14-20)22-21-10-6-7-18(23(21)26-24(22)25(28)29)15-16-32-19-8-4-3-5-9-19/h3-14,26H,15-16H2,1-2H3,(H,28,29). The number of aromatic nitrogens is 1. The number of carbonyl (C=O) groups is 1. The third-order valence-electron chi connectivity index (χ3n) is 5.44. The SMILES string of the molecule is CN(C)S(=O)(=O)c1ccc(-c2c(C(=O)O)[nH]c3c(CCOc4ccccc4)cccc23)cc1. The first-order valence-corrected chi connectivity index (χ1v) is 11.8. The molecule has 33 heavy (non-hydrogen) atoms. The summed E-state index contributed by atoms with van der Waals surface area (Å²) >= 11 is 0. The van der Waals surface area contributed by atoms with Gasteiger partial charge in [-0.3, -0.25) is 0 Å². The van der Waals surface area contributed by atoms with Gasteiger partial charge in [-0.05, 0) is 35.4 Å². The van der Waals surface area contributed by atoms with Crippen molar-refractivity contribution in [2.45, 2.75) is 11.3 Å². The molecule has 2 N–H and O–H groups in total. The summed E-state index contributed by atoms with van der Waals surface area (Å²) in [7, 11) is -0.643. The number of hydrogen-bond donors (Lipinski definition) is 2. The fraction of sp³-hybridized carbons (Fsp3) is 0.160. The number of ether oxygens (including phenoxy) is 1. The summed E-state index contributed by atoms with van der Waals surface area (Å²) in [6.45, 7) is 0.441. The second kappa shape index (κ2) is 9.09. The predicted molar refractivity (Wildman–Crippen MR) is 127 cm³/mol. The van der Waals surface area contributed by atoms with Crippen LogP contribution >= 0.6 is 0 Å². The molecular weight excluding hydrogens is 440 g/mol. The Morgan fingerprint density at radius 1 is 0.970 bits per heavy atom. The molecular formula is C25H24N2O5S. The highest BCUT2D eigenvalue weighted by Gasteiger charge is 2.22. The van der Waals surface area contributed by atoms with Gasteiger partial charge in [0.25, 0.3) is 0 Å².